The standard InChI is InChI=1S/C27H38N4O2/c1-20(28-2)26(32)29-25(22-12-7-4-8-13-22)27(33)31-16-9-14-24(31)23-15-17-30(19-23)18-21-10-5-3-6-11-21/h3,5-6,10-11,15,17,19-20,22,24-25,28H,4,7-9,12-14,16,18H2,1-2H3,(H,29,32)/t20-,24-,25-/m0/s1. The molecule has 33 heavy (non-hydrogen) atoms. The van der Waals surface area contributed by atoms with E-state index in [1.807, 2.05) is 17.9 Å². The van der Waals surface area contributed by atoms with E-state index in [9.17, 15) is 9.59 Å². The molecule has 0 unspecified atom stereocenters. The summed E-state index contributed by atoms with van der Waals surface area (Å²) in [6.45, 7) is 3.42. The molecule has 3 atom stereocenters. The number of nitrogens with zero attached hydrogens (tertiary/aromatic N) is 2. The number of likely N-dealkylation sites (tertiary alicyclic amines) is 1. The van der Waals surface area contributed by atoms with Crippen LogP contribution in [-0.4, -0.2) is 47.0 Å². The highest BCUT2D eigenvalue weighted by molar-refractivity contribution is 5.90. The number of carbonyl (C=O) groups excluding carboxylic acids is 2. The summed E-state index contributed by atoms with van der Waals surface area (Å²) < 4.78 is 2.20. The van der Waals surface area contributed by atoms with Gasteiger partial charge in [-0.2, -0.15) is 0 Å². The molecule has 4 rings (SSSR count). The van der Waals surface area contributed by atoms with Crippen LogP contribution in [0.1, 0.15) is 69.0 Å². The van der Waals surface area contributed by atoms with Gasteiger partial charge < -0.3 is 20.1 Å². The van der Waals surface area contributed by atoms with Gasteiger partial charge in [-0.3, -0.25) is 9.59 Å². The normalized spacial score (nSPS) is 21.0. The minimum atomic E-state index is -0.430. The molecule has 1 saturated heterocycles. The molecule has 1 saturated carbocycles. The first-order valence-corrected chi connectivity index (χ1v) is 12.5. The highest BCUT2D eigenvalue weighted by atomic mass is 16.2. The lowest BCUT2D eigenvalue weighted by atomic mass is 9.83. The Morgan fingerprint density at radius 2 is 1.79 bits per heavy atom. The third kappa shape index (κ3) is 5.67. The second kappa shape index (κ2) is 11.0. The Balaban J connectivity index is 1.50. The van der Waals surface area contributed by atoms with Crippen molar-refractivity contribution in [3.8, 4) is 0 Å². The molecule has 0 spiro atoms. The first kappa shape index (κ1) is 23.6. The Hall–Kier alpha value is -2.60. The van der Waals surface area contributed by atoms with Crippen LogP contribution in [-0.2, 0) is 16.1 Å². The van der Waals surface area contributed by atoms with E-state index in [2.05, 4.69) is 57.9 Å². The monoisotopic (exact) mass is 450 g/mol. The van der Waals surface area contributed by atoms with Gasteiger partial charge in [0.05, 0.1) is 12.1 Å². The first-order chi connectivity index (χ1) is 16.1. The third-order valence-electron chi connectivity index (χ3n) is 7.41. The van der Waals surface area contributed by atoms with Crippen molar-refractivity contribution >= 4 is 11.8 Å². The van der Waals surface area contributed by atoms with Crippen molar-refractivity contribution in [1.82, 2.24) is 20.1 Å². The number of amides is 2. The fourth-order valence-corrected chi connectivity index (χ4v) is 5.36. The Kier molecular flexibility index (Phi) is 7.86. The largest absolute Gasteiger partial charge is 0.350 e. The summed E-state index contributed by atoms with van der Waals surface area (Å²) in [7, 11) is 1.78. The number of benzene rings is 1. The molecule has 0 bridgehead atoms. The summed E-state index contributed by atoms with van der Waals surface area (Å²) in [6.07, 6.45) is 11.8. The van der Waals surface area contributed by atoms with Gasteiger partial charge >= 0.3 is 0 Å². The van der Waals surface area contributed by atoms with Crippen molar-refractivity contribution in [3.05, 3.63) is 59.9 Å². The minimum Gasteiger partial charge on any atom is -0.350 e. The van der Waals surface area contributed by atoms with Crippen molar-refractivity contribution in [2.45, 2.75) is 76.5 Å². The topological polar surface area (TPSA) is 66.4 Å². The lowest BCUT2D eigenvalue weighted by Gasteiger charge is -2.35. The van der Waals surface area contributed by atoms with E-state index in [0.29, 0.717) is 0 Å². The van der Waals surface area contributed by atoms with Gasteiger partial charge in [0.15, 0.2) is 0 Å². The van der Waals surface area contributed by atoms with Gasteiger partial charge in [0, 0.05) is 25.5 Å². The van der Waals surface area contributed by atoms with Crippen LogP contribution in [0, 0.1) is 5.92 Å². The van der Waals surface area contributed by atoms with E-state index in [-0.39, 0.29) is 29.8 Å². The molecule has 1 aliphatic carbocycles. The lowest BCUT2D eigenvalue weighted by Crippen LogP contribution is -2.55. The Morgan fingerprint density at radius 1 is 1.03 bits per heavy atom. The second-order valence-corrected chi connectivity index (χ2v) is 9.69. The highest BCUT2D eigenvalue weighted by Crippen LogP contribution is 2.35. The summed E-state index contributed by atoms with van der Waals surface area (Å²) >= 11 is 0. The molecule has 1 aliphatic heterocycles. The average molecular weight is 451 g/mol. The summed E-state index contributed by atoms with van der Waals surface area (Å²) in [5, 5.41) is 6.13. The van der Waals surface area contributed by atoms with Gasteiger partial charge in [0.2, 0.25) is 11.8 Å². The molecule has 1 aromatic carbocycles. The maximum Gasteiger partial charge on any atom is 0.245 e. The van der Waals surface area contributed by atoms with Gasteiger partial charge in [0.25, 0.3) is 0 Å². The fourth-order valence-electron chi connectivity index (χ4n) is 5.36. The molecule has 1 aromatic heterocycles. The van der Waals surface area contributed by atoms with Crippen molar-refractivity contribution < 1.29 is 9.59 Å². The van der Waals surface area contributed by atoms with Gasteiger partial charge in [-0.15, -0.1) is 0 Å². The molecule has 6 heteroatoms. The van der Waals surface area contributed by atoms with Crippen LogP contribution in [0.25, 0.3) is 0 Å². The Labute approximate surface area is 197 Å². The van der Waals surface area contributed by atoms with Gasteiger partial charge in [-0.25, -0.2) is 0 Å². The number of aromatic nitrogens is 1. The smallest absolute Gasteiger partial charge is 0.245 e. The molecular formula is C27H38N4O2. The zero-order valence-electron chi connectivity index (χ0n) is 20.0. The molecule has 2 N–H and O–H groups in total. The van der Waals surface area contributed by atoms with Crippen molar-refractivity contribution in [1.29, 1.82) is 0 Å². The van der Waals surface area contributed by atoms with E-state index >= 15 is 0 Å². The Morgan fingerprint density at radius 3 is 2.52 bits per heavy atom. The van der Waals surface area contributed by atoms with Crippen LogP contribution in [0.4, 0.5) is 0 Å². The molecular weight excluding hydrogens is 412 g/mol. The second-order valence-electron chi connectivity index (χ2n) is 9.69. The van der Waals surface area contributed by atoms with E-state index in [0.717, 1.165) is 51.6 Å². The first-order valence-electron chi connectivity index (χ1n) is 12.5. The molecule has 2 fully saturated rings. The number of carbonyl (C=O) groups is 2. The molecule has 2 aliphatic rings. The molecule has 6 nitrogen and oxygen atoms in total. The van der Waals surface area contributed by atoms with Gasteiger partial charge in [-0.1, -0.05) is 49.6 Å². The van der Waals surface area contributed by atoms with Gasteiger partial charge in [0.1, 0.15) is 6.04 Å². The molecule has 0 radical (unpaired) electrons. The molecule has 178 valence electrons. The van der Waals surface area contributed by atoms with E-state index < -0.39 is 6.04 Å². The average Bonchev–Trinajstić information content (AvgIpc) is 3.52. The van der Waals surface area contributed by atoms with Crippen molar-refractivity contribution in [3.63, 3.8) is 0 Å². The van der Waals surface area contributed by atoms with E-state index in [1.54, 1.807) is 7.05 Å². The molecule has 2 amide bonds. The van der Waals surface area contributed by atoms with Gasteiger partial charge in [-0.05, 0) is 62.8 Å². The lowest BCUT2D eigenvalue weighted by molar-refractivity contribution is -0.139. The van der Waals surface area contributed by atoms with Crippen LogP contribution in [0.5, 0.6) is 0 Å². The number of nitrogens with one attached hydrogen (secondary N) is 2. The summed E-state index contributed by atoms with van der Waals surface area (Å²) in [4.78, 5) is 28.6. The molecule has 2 aromatic rings. The summed E-state index contributed by atoms with van der Waals surface area (Å²) in [5.74, 6) is 0.228. The maximum absolute atomic E-state index is 13.9. The minimum absolute atomic E-state index is 0.0826. The number of rotatable bonds is 8. The number of hydrogen-bond donors (Lipinski definition) is 2. The zero-order valence-corrected chi connectivity index (χ0v) is 20.0. The van der Waals surface area contributed by atoms with Crippen LogP contribution in [0.2, 0.25) is 0 Å². The van der Waals surface area contributed by atoms with Crippen molar-refractivity contribution in [2.24, 2.45) is 5.92 Å². The zero-order chi connectivity index (χ0) is 23.2. The number of likely N-dealkylation sites (N-methyl/N-ethyl adjacent to an activating group) is 1. The maximum atomic E-state index is 13.9. The molecule has 2 heterocycles. The summed E-state index contributed by atoms with van der Waals surface area (Å²) in [6, 6.07) is 11.9. The van der Waals surface area contributed by atoms with Crippen LogP contribution >= 0.6 is 0 Å². The van der Waals surface area contributed by atoms with Crippen molar-refractivity contribution in [2.75, 3.05) is 13.6 Å². The quantitative estimate of drug-likeness (QED) is 0.642. The SMILES string of the molecule is CN[C@@H](C)C(=O)N[C@H](C(=O)N1CCC[C@H]1c1ccn(Cc2ccccc2)c1)C1CCCCC1. The Bertz CT molecular complexity index is 919. The fraction of sp³-hybridized carbons (Fsp3) is 0.556. The predicted molar refractivity (Wildman–Crippen MR) is 131 cm³/mol. The van der Waals surface area contributed by atoms with Crippen LogP contribution in [0.3, 0.4) is 0 Å². The predicted octanol–water partition coefficient (Wildman–Crippen LogP) is 3.87. The summed E-state index contributed by atoms with van der Waals surface area (Å²) in [5.41, 5.74) is 2.45. The van der Waals surface area contributed by atoms with E-state index in [1.165, 1.54) is 17.5 Å². The van der Waals surface area contributed by atoms with E-state index in [4.69, 9.17) is 0 Å². The van der Waals surface area contributed by atoms with Crippen LogP contribution in [0.15, 0.2) is 48.8 Å². The third-order valence-corrected chi connectivity index (χ3v) is 7.41. The number of hydrogen-bond acceptors (Lipinski definition) is 3. The van der Waals surface area contributed by atoms with Crippen LogP contribution < -0.4 is 10.6 Å². The highest BCUT2D eigenvalue weighted by Gasteiger charge is 2.39.